The molecule has 1 aliphatic heterocycles. The minimum absolute atomic E-state index is 0.0408. The average molecular weight is 267 g/mol. The fraction of sp³-hybridized carbons (Fsp3) is 0.333. The van der Waals surface area contributed by atoms with Gasteiger partial charge in [-0.2, -0.15) is 0 Å². The van der Waals surface area contributed by atoms with Gasteiger partial charge in [0.1, 0.15) is 5.75 Å². The summed E-state index contributed by atoms with van der Waals surface area (Å²) in [5.74, 6) is 0.920. The van der Waals surface area contributed by atoms with Gasteiger partial charge in [-0.15, -0.1) is 0 Å². The first-order chi connectivity index (χ1) is 9.52. The van der Waals surface area contributed by atoms with E-state index in [0.29, 0.717) is 6.04 Å². The summed E-state index contributed by atoms with van der Waals surface area (Å²) in [5, 5.41) is 3.66. The van der Waals surface area contributed by atoms with Crippen LogP contribution in [-0.2, 0) is 5.41 Å². The summed E-state index contributed by atoms with van der Waals surface area (Å²) >= 11 is 0. The van der Waals surface area contributed by atoms with E-state index in [9.17, 15) is 0 Å². The summed E-state index contributed by atoms with van der Waals surface area (Å²) < 4.78 is 5.36. The molecule has 2 aromatic carbocycles. The van der Waals surface area contributed by atoms with E-state index in [0.717, 1.165) is 5.75 Å². The maximum absolute atomic E-state index is 5.36. The Morgan fingerprint density at radius 1 is 1.05 bits per heavy atom. The molecule has 1 N–H and O–H groups in total. The fourth-order valence-electron chi connectivity index (χ4n) is 3.06. The van der Waals surface area contributed by atoms with Crippen LogP contribution in [0.1, 0.15) is 36.6 Å². The molecule has 1 unspecified atom stereocenters. The van der Waals surface area contributed by atoms with Crippen molar-refractivity contribution in [2.45, 2.75) is 32.2 Å². The number of anilines is 1. The molecule has 2 aromatic rings. The van der Waals surface area contributed by atoms with E-state index >= 15 is 0 Å². The summed E-state index contributed by atoms with van der Waals surface area (Å²) in [4.78, 5) is 0. The van der Waals surface area contributed by atoms with Crippen LogP contribution in [0.3, 0.4) is 0 Å². The number of benzene rings is 2. The number of aryl methyl sites for hydroxylation is 1. The molecule has 0 bridgehead atoms. The van der Waals surface area contributed by atoms with E-state index in [1.807, 2.05) is 6.07 Å². The number of hydrogen-bond acceptors (Lipinski definition) is 2. The lowest BCUT2D eigenvalue weighted by Crippen LogP contribution is -2.25. The van der Waals surface area contributed by atoms with E-state index < -0.39 is 0 Å². The summed E-state index contributed by atoms with van der Waals surface area (Å²) in [5.41, 5.74) is 5.20. The minimum atomic E-state index is 0.0408. The molecule has 0 aromatic heterocycles. The fourth-order valence-corrected chi connectivity index (χ4v) is 3.06. The summed E-state index contributed by atoms with van der Waals surface area (Å²) in [7, 11) is 1.72. The molecule has 0 aliphatic carbocycles. The van der Waals surface area contributed by atoms with E-state index in [-0.39, 0.29) is 5.41 Å². The quantitative estimate of drug-likeness (QED) is 0.868. The van der Waals surface area contributed by atoms with Crippen molar-refractivity contribution in [1.82, 2.24) is 0 Å². The second-order valence-corrected chi connectivity index (χ2v) is 6.12. The third kappa shape index (κ3) is 1.96. The van der Waals surface area contributed by atoms with Gasteiger partial charge in [-0.05, 0) is 36.2 Å². The second kappa shape index (κ2) is 4.55. The predicted octanol–water partition coefficient (Wildman–Crippen LogP) is 4.45. The zero-order valence-electron chi connectivity index (χ0n) is 12.5. The number of nitrogens with one attached hydrogen (secondary N) is 1. The predicted molar refractivity (Wildman–Crippen MR) is 83.6 cm³/mol. The van der Waals surface area contributed by atoms with Crippen LogP contribution < -0.4 is 10.1 Å². The van der Waals surface area contributed by atoms with Crippen molar-refractivity contribution in [3.63, 3.8) is 0 Å². The molecule has 2 nitrogen and oxygen atoms in total. The molecule has 20 heavy (non-hydrogen) atoms. The molecular formula is C18H21NO. The van der Waals surface area contributed by atoms with Crippen molar-refractivity contribution >= 4 is 5.69 Å². The molecule has 0 fully saturated rings. The van der Waals surface area contributed by atoms with Crippen LogP contribution in [0.15, 0.2) is 42.5 Å². The van der Waals surface area contributed by atoms with Crippen molar-refractivity contribution in [3.8, 4) is 5.75 Å². The zero-order valence-corrected chi connectivity index (χ0v) is 12.5. The Kier molecular flexibility index (Phi) is 2.97. The number of methoxy groups -OCH3 is 1. The van der Waals surface area contributed by atoms with Gasteiger partial charge in [-0.1, -0.05) is 43.7 Å². The summed E-state index contributed by atoms with van der Waals surface area (Å²) in [6.45, 7) is 6.70. The number of rotatable bonds is 2. The third-order valence-electron chi connectivity index (χ3n) is 4.35. The van der Waals surface area contributed by atoms with Crippen molar-refractivity contribution in [2.75, 3.05) is 12.4 Å². The Morgan fingerprint density at radius 3 is 2.40 bits per heavy atom. The van der Waals surface area contributed by atoms with Crippen LogP contribution in [0.5, 0.6) is 5.75 Å². The monoisotopic (exact) mass is 267 g/mol. The summed E-state index contributed by atoms with van der Waals surface area (Å²) in [6, 6.07) is 15.4. The summed E-state index contributed by atoms with van der Waals surface area (Å²) in [6.07, 6.45) is 0. The van der Waals surface area contributed by atoms with E-state index in [1.165, 1.54) is 22.4 Å². The molecule has 1 atom stereocenters. The molecule has 0 amide bonds. The van der Waals surface area contributed by atoms with Gasteiger partial charge in [0.25, 0.3) is 0 Å². The molecule has 2 heteroatoms. The highest BCUT2D eigenvalue weighted by Crippen LogP contribution is 2.49. The molecule has 1 aliphatic rings. The topological polar surface area (TPSA) is 21.3 Å². The van der Waals surface area contributed by atoms with Gasteiger partial charge in [0.05, 0.1) is 13.2 Å². The zero-order chi connectivity index (χ0) is 14.3. The van der Waals surface area contributed by atoms with Crippen molar-refractivity contribution < 1.29 is 4.74 Å². The molecule has 104 valence electrons. The molecular weight excluding hydrogens is 246 g/mol. The number of ether oxygens (including phenoxy) is 1. The molecule has 0 saturated heterocycles. The lowest BCUT2D eigenvalue weighted by molar-refractivity contribution is 0.411. The van der Waals surface area contributed by atoms with Gasteiger partial charge < -0.3 is 10.1 Å². The minimum Gasteiger partial charge on any atom is -0.497 e. The van der Waals surface area contributed by atoms with Gasteiger partial charge >= 0.3 is 0 Å². The largest absolute Gasteiger partial charge is 0.497 e. The normalized spacial score (nSPS) is 19.3. The lowest BCUT2D eigenvalue weighted by atomic mass is 9.77. The van der Waals surface area contributed by atoms with Crippen LogP contribution in [0.25, 0.3) is 0 Å². The Hall–Kier alpha value is -1.96. The van der Waals surface area contributed by atoms with Crippen LogP contribution in [0, 0.1) is 6.92 Å². The first-order valence-corrected chi connectivity index (χ1v) is 7.04. The van der Waals surface area contributed by atoms with Gasteiger partial charge in [-0.3, -0.25) is 0 Å². The molecule has 1 heterocycles. The Balaban J connectivity index is 2.03. The van der Waals surface area contributed by atoms with Crippen LogP contribution in [0.4, 0.5) is 5.69 Å². The second-order valence-electron chi connectivity index (χ2n) is 6.12. The van der Waals surface area contributed by atoms with E-state index in [2.05, 4.69) is 62.5 Å². The van der Waals surface area contributed by atoms with Crippen molar-refractivity contribution in [3.05, 3.63) is 59.2 Å². The molecule has 0 saturated carbocycles. The Labute approximate surface area is 120 Å². The van der Waals surface area contributed by atoms with E-state index in [1.54, 1.807) is 7.11 Å². The SMILES string of the molecule is COc1ccc2c(c1)C(C)(C)C(c1ccc(C)cc1)N2. The standard InChI is InChI=1S/C18H21NO/c1-12-5-7-13(8-6-12)17-18(2,3)15-11-14(20-4)9-10-16(15)19-17/h5-11,17,19H,1-4H3. The van der Waals surface area contributed by atoms with Gasteiger partial charge in [0.2, 0.25) is 0 Å². The van der Waals surface area contributed by atoms with Gasteiger partial charge in [0.15, 0.2) is 0 Å². The molecule has 0 radical (unpaired) electrons. The van der Waals surface area contributed by atoms with Crippen LogP contribution in [0.2, 0.25) is 0 Å². The van der Waals surface area contributed by atoms with Crippen molar-refractivity contribution in [2.24, 2.45) is 0 Å². The highest BCUT2D eigenvalue weighted by atomic mass is 16.5. The average Bonchev–Trinajstić information content (AvgIpc) is 2.71. The maximum atomic E-state index is 5.36. The van der Waals surface area contributed by atoms with Crippen LogP contribution >= 0.6 is 0 Å². The first-order valence-electron chi connectivity index (χ1n) is 7.04. The molecule has 0 spiro atoms. The molecule has 3 rings (SSSR count). The highest BCUT2D eigenvalue weighted by molar-refractivity contribution is 5.64. The third-order valence-corrected chi connectivity index (χ3v) is 4.35. The Morgan fingerprint density at radius 2 is 1.75 bits per heavy atom. The van der Waals surface area contributed by atoms with Crippen LogP contribution in [-0.4, -0.2) is 7.11 Å². The lowest BCUT2D eigenvalue weighted by Gasteiger charge is -2.28. The van der Waals surface area contributed by atoms with Gasteiger partial charge in [-0.25, -0.2) is 0 Å². The Bertz CT molecular complexity index is 628. The smallest absolute Gasteiger partial charge is 0.119 e. The first kappa shape index (κ1) is 13.0. The number of hydrogen-bond donors (Lipinski definition) is 1. The van der Waals surface area contributed by atoms with E-state index in [4.69, 9.17) is 4.74 Å². The highest BCUT2D eigenvalue weighted by Gasteiger charge is 2.40. The van der Waals surface area contributed by atoms with Crippen molar-refractivity contribution in [1.29, 1.82) is 0 Å². The van der Waals surface area contributed by atoms with Gasteiger partial charge in [0, 0.05) is 11.1 Å². The maximum Gasteiger partial charge on any atom is 0.119 e. The number of fused-ring (bicyclic) bond motifs is 1.